The minimum Gasteiger partial charge on any atom is -0.233 e. The first-order chi connectivity index (χ1) is 26.2. The van der Waals surface area contributed by atoms with Crippen LogP contribution < -0.4 is 0 Å². The van der Waals surface area contributed by atoms with E-state index in [9.17, 15) is 0 Å². The van der Waals surface area contributed by atoms with Crippen LogP contribution in [0.25, 0.3) is 45.0 Å². The molecule has 1 heterocycles. The highest BCUT2D eigenvalue weighted by molar-refractivity contribution is 6.13. The molecule has 1 aromatic heterocycles. The molecule has 0 fully saturated rings. The zero-order valence-electron chi connectivity index (χ0n) is 33.1. The summed E-state index contributed by atoms with van der Waals surface area (Å²) in [4.78, 5) is 20.3. The largest absolute Gasteiger partial charge is 0.233 e. The number of rotatable bonds is 11. The maximum Gasteiger partial charge on any atom is 0.160 e. The summed E-state index contributed by atoms with van der Waals surface area (Å²) in [6.45, 7) is 24.4. The predicted molar refractivity (Wildman–Crippen MR) is 236 cm³/mol. The van der Waals surface area contributed by atoms with E-state index in [1.54, 1.807) is 6.08 Å². The standard InChI is InChI=1S/C48H46N4.C2H6/c1-9-12-27-44(33(4)5)46-34(6)45(43-26-19-25-42(32-43)40-23-17-14-18-24-40)51-48(52-46)41-30-28-39(29-31-41)36(8)50-47(37(11-3)20-10-2)49-35(7)38-21-15-13-16-22-38;1-2/h9-32H,1,7H2,2-6,8H3;1-2H3/b20-10-,27-12-,37-11+,49-47?,50-36?;. The van der Waals surface area contributed by atoms with Crippen LogP contribution in [0.3, 0.4) is 0 Å². The van der Waals surface area contributed by atoms with Crippen molar-refractivity contribution in [3.05, 3.63) is 192 Å². The maximum atomic E-state index is 5.22. The third-order valence-electron chi connectivity index (χ3n) is 8.68. The lowest BCUT2D eigenvalue weighted by atomic mass is 9.96. The molecule has 0 spiro atoms. The summed E-state index contributed by atoms with van der Waals surface area (Å²) in [6, 6.07) is 37.2. The van der Waals surface area contributed by atoms with Gasteiger partial charge < -0.3 is 0 Å². The van der Waals surface area contributed by atoms with Gasteiger partial charge in [0.1, 0.15) is 0 Å². The van der Waals surface area contributed by atoms with E-state index in [1.807, 2.05) is 95.3 Å². The summed E-state index contributed by atoms with van der Waals surface area (Å²) < 4.78 is 0. The second kappa shape index (κ2) is 20.1. The van der Waals surface area contributed by atoms with Gasteiger partial charge in [0.05, 0.1) is 17.1 Å². The second-order valence-electron chi connectivity index (χ2n) is 12.6. The highest BCUT2D eigenvalue weighted by atomic mass is 14.9. The molecule has 0 aliphatic carbocycles. The van der Waals surface area contributed by atoms with Crippen molar-refractivity contribution in [2.75, 3.05) is 0 Å². The fourth-order valence-corrected chi connectivity index (χ4v) is 5.85. The van der Waals surface area contributed by atoms with Gasteiger partial charge in [0, 0.05) is 28.0 Å². The van der Waals surface area contributed by atoms with Crippen molar-refractivity contribution in [3.8, 4) is 33.8 Å². The average molecular weight is 709 g/mol. The van der Waals surface area contributed by atoms with Crippen LogP contribution in [0.5, 0.6) is 0 Å². The summed E-state index contributed by atoms with van der Waals surface area (Å²) in [5, 5.41) is 0. The summed E-state index contributed by atoms with van der Waals surface area (Å²) in [5.41, 5.74) is 13.6. The molecule has 5 aromatic rings. The minimum atomic E-state index is 0.603. The van der Waals surface area contributed by atoms with E-state index in [0.717, 1.165) is 72.8 Å². The quantitative estimate of drug-likeness (QED) is 0.0779. The summed E-state index contributed by atoms with van der Waals surface area (Å²) in [6.07, 6.45) is 11.8. The van der Waals surface area contributed by atoms with Crippen LogP contribution in [0.1, 0.15) is 70.9 Å². The highest BCUT2D eigenvalue weighted by Crippen LogP contribution is 2.34. The molecule has 54 heavy (non-hydrogen) atoms. The SMILES string of the molecule is C=C/C=C\C(=C(C)C)c1nc(-c2ccc(C(C)=NC(=NC(=C)c3ccccc3)C(/C=C\C)=C/C)cc2)nc(-c2cccc(-c3ccccc3)c2)c1C.CC. The van der Waals surface area contributed by atoms with Gasteiger partial charge >= 0.3 is 0 Å². The van der Waals surface area contributed by atoms with Crippen LogP contribution in [0.15, 0.2) is 180 Å². The summed E-state index contributed by atoms with van der Waals surface area (Å²) >= 11 is 0. The molecular formula is C50H52N4. The van der Waals surface area contributed by atoms with E-state index >= 15 is 0 Å². The van der Waals surface area contributed by atoms with Gasteiger partial charge in [-0.15, -0.1) is 0 Å². The van der Waals surface area contributed by atoms with Gasteiger partial charge in [-0.2, -0.15) is 0 Å². The summed E-state index contributed by atoms with van der Waals surface area (Å²) in [7, 11) is 0. The molecule has 4 nitrogen and oxygen atoms in total. The smallest absolute Gasteiger partial charge is 0.160 e. The molecule has 4 aromatic carbocycles. The van der Waals surface area contributed by atoms with Crippen molar-refractivity contribution in [1.29, 1.82) is 0 Å². The molecule has 0 aliphatic rings. The van der Waals surface area contributed by atoms with Crippen LogP contribution in [0.4, 0.5) is 0 Å². The lowest BCUT2D eigenvalue weighted by Gasteiger charge is -2.16. The highest BCUT2D eigenvalue weighted by Gasteiger charge is 2.18. The minimum absolute atomic E-state index is 0.603. The number of aliphatic imine (C=N–C) groups is 2. The Morgan fingerprint density at radius 3 is 1.91 bits per heavy atom. The molecular weight excluding hydrogens is 657 g/mol. The Morgan fingerprint density at radius 2 is 1.30 bits per heavy atom. The van der Waals surface area contributed by atoms with Crippen LogP contribution in [0.2, 0.25) is 0 Å². The van der Waals surface area contributed by atoms with Gasteiger partial charge in [-0.05, 0) is 75.4 Å². The Kier molecular flexibility index (Phi) is 15.1. The van der Waals surface area contributed by atoms with Crippen molar-refractivity contribution in [1.82, 2.24) is 9.97 Å². The first-order valence-corrected chi connectivity index (χ1v) is 18.5. The van der Waals surface area contributed by atoms with Crippen LogP contribution in [-0.4, -0.2) is 21.5 Å². The molecule has 0 saturated heterocycles. The van der Waals surface area contributed by atoms with E-state index < -0.39 is 0 Å². The van der Waals surface area contributed by atoms with Crippen LogP contribution >= 0.6 is 0 Å². The molecule has 0 atom stereocenters. The molecule has 0 N–H and O–H groups in total. The first-order valence-electron chi connectivity index (χ1n) is 18.5. The Hall–Kier alpha value is -6.26. The number of hydrogen-bond donors (Lipinski definition) is 0. The average Bonchev–Trinajstić information content (AvgIpc) is 3.21. The third-order valence-corrected chi connectivity index (χ3v) is 8.68. The fourth-order valence-electron chi connectivity index (χ4n) is 5.85. The molecule has 0 radical (unpaired) electrons. The van der Waals surface area contributed by atoms with E-state index in [-0.39, 0.29) is 0 Å². The van der Waals surface area contributed by atoms with E-state index in [4.69, 9.17) is 20.0 Å². The monoisotopic (exact) mass is 708 g/mol. The molecule has 0 amide bonds. The molecule has 0 saturated carbocycles. The lowest BCUT2D eigenvalue weighted by molar-refractivity contribution is 1.11. The van der Waals surface area contributed by atoms with Gasteiger partial charge in [-0.1, -0.05) is 172 Å². The number of benzene rings is 4. The molecule has 0 unspecified atom stereocenters. The summed E-state index contributed by atoms with van der Waals surface area (Å²) in [5.74, 6) is 1.25. The van der Waals surface area contributed by atoms with E-state index in [1.165, 1.54) is 0 Å². The molecule has 5 rings (SSSR count). The van der Waals surface area contributed by atoms with Gasteiger partial charge in [0.25, 0.3) is 0 Å². The van der Waals surface area contributed by atoms with Crippen molar-refractivity contribution in [3.63, 3.8) is 0 Å². The van der Waals surface area contributed by atoms with Crippen LogP contribution in [-0.2, 0) is 0 Å². The van der Waals surface area contributed by atoms with Crippen LogP contribution in [0, 0.1) is 6.92 Å². The van der Waals surface area contributed by atoms with E-state index in [0.29, 0.717) is 17.4 Å². The van der Waals surface area contributed by atoms with Gasteiger partial charge in [-0.25, -0.2) is 20.0 Å². The molecule has 272 valence electrons. The zero-order chi connectivity index (χ0) is 39.0. The zero-order valence-corrected chi connectivity index (χ0v) is 33.1. The Balaban J connectivity index is 0.00000319. The maximum absolute atomic E-state index is 5.22. The Morgan fingerprint density at radius 1 is 0.667 bits per heavy atom. The second-order valence-corrected chi connectivity index (χ2v) is 12.6. The molecule has 4 heteroatoms. The van der Waals surface area contributed by atoms with Gasteiger partial charge in [-0.3, -0.25) is 0 Å². The van der Waals surface area contributed by atoms with Gasteiger partial charge in [0.2, 0.25) is 0 Å². The van der Waals surface area contributed by atoms with Crippen molar-refractivity contribution >= 4 is 22.8 Å². The number of aromatic nitrogens is 2. The number of hydrogen-bond acceptors (Lipinski definition) is 3. The van der Waals surface area contributed by atoms with Crippen molar-refractivity contribution < 1.29 is 0 Å². The molecule has 0 aliphatic heterocycles. The number of allylic oxidation sites excluding steroid dienone is 7. The van der Waals surface area contributed by atoms with E-state index in [2.05, 4.69) is 113 Å². The number of nitrogens with zero attached hydrogens (tertiary/aromatic N) is 4. The Labute approximate surface area is 323 Å². The van der Waals surface area contributed by atoms with Gasteiger partial charge in [0.15, 0.2) is 11.7 Å². The Bertz CT molecular complexity index is 2240. The molecule has 0 bridgehead atoms. The number of amidine groups is 1. The topological polar surface area (TPSA) is 50.5 Å². The third kappa shape index (κ3) is 10.2. The lowest BCUT2D eigenvalue weighted by Crippen LogP contribution is -2.05. The van der Waals surface area contributed by atoms with Crippen molar-refractivity contribution in [2.24, 2.45) is 9.98 Å². The normalized spacial score (nSPS) is 12.0. The van der Waals surface area contributed by atoms with Crippen molar-refractivity contribution in [2.45, 2.75) is 55.4 Å². The first kappa shape index (κ1) is 40.5. The fraction of sp³-hybridized carbons (Fsp3) is 0.160. The predicted octanol–water partition coefficient (Wildman–Crippen LogP) is 13.7.